The van der Waals surface area contributed by atoms with Crippen LogP contribution < -0.4 is 4.90 Å². The minimum absolute atomic E-state index is 0.115. The summed E-state index contributed by atoms with van der Waals surface area (Å²) in [6.45, 7) is 3.35. The predicted octanol–water partition coefficient (Wildman–Crippen LogP) is 2.73. The van der Waals surface area contributed by atoms with Crippen molar-refractivity contribution < 1.29 is 4.79 Å². The number of halogens is 1. The van der Waals surface area contributed by atoms with E-state index in [1.54, 1.807) is 0 Å². The Hall–Kier alpha value is -1.22. The number of rotatable bonds is 6. The van der Waals surface area contributed by atoms with Crippen molar-refractivity contribution in [2.24, 2.45) is 0 Å². The molecule has 4 heteroatoms. The highest BCUT2D eigenvalue weighted by Gasteiger charge is 2.11. The van der Waals surface area contributed by atoms with Gasteiger partial charge in [-0.3, -0.25) is 4.79 Å². The van der Waals surface area contributed by atoms with Gasteiger partial charge in [-0.05, 0) is 24.6 Å². The lowest BCUT2D eigenvalue weighted by molar-refractivity contribution is -0.131. The standard InChI is InChI=1S/C14H21ClN2O/c1-4-17(14(18)9-10-15)11-12-5-7-13(8-6-12)16(2)3/h5-8H,4,9-11H2,1-3H3. The van der Waals surface area contributed by atoms with E-state index in [1.807, 2.05) is 25.9 Å². The number of amides is 1. The molecule has 0 heterocycles. The van der Waals surface area contributed by atoms with E-state index in [4.69, 9.17) is 11.6 Å². The van der Waals surface area contributed by atoms with Crippen LogP contribution in [-0.2, 0) is 11.3 Å². The summed E-state index contributed by atoms with van der Waals surface area (Å²) in [4.78, 5) is 15.7. The van der Waals surface area contributed by atoms with Crippen molar-refractivity contribution in [2.45, 2.75) is 19.9 Å². The lowest BCUT2D eigenvalue weighted by Gasteiger charge is -2.21. The number of benzene rings is 1. The molecular weight excluding hydrogens is 248 g/mol. The minimum atomic E-state index is 0.115. The monoisotopic (exact) mass is 268 g/mol. The molecule has 0 radical (unpaired) electrons. The highest BCUT2D eigenvalue weighted by Crippen LogP contribution is 2.14. The fraction of sp³-hybridized carbons (Fsp3) is 0.500. The first-order valence-corrected chi connectivity index (χ1v) is 6.72. The Labute approximate surface area is 114 Å². The first-order chi connectivity index (χ1) is 8.58. The molecule has 0 saturated heterocycles. The van der Waals surface area contributed by atoms with Gasteiger partial charge in [-0.15, -0.1) is 11.6 Å². The SMILES string of the molecule is CCN(Cc1ccc(N(C)C)cc1)C(=O)CCCl. The van der Waals surface area contributed by atoms with Crippen LogP contribution in [0.1, 0.15) is 18.9 Å². The highest BCUT2D eigenvalue weighted by molar-refractivity contribution is 6.18. The van der Waals surface area contributed by atoms with E-state index in [0.717, 1.165) is 11.3 Å². The molecule has 0 unspecified atom stereocenters. The van der Waals surface area contributed by atoms with Crippen LogP contribution in [0.2, 0.25) is 0 Å². The molecule has 100 valence electrons. The number of hydrogen-bond acceptors (Lipinski definition) is 2. The third kappa shape index (κ3) is 4.22. The molecular formula is C14H21ClN2O. The Balaban J connectivity index is 2.67. The smallest absolute Gasteiger partial charge is 0.224 e. The van der Waals surface area contributed by atoms with Gasteiger partial charge in [0.2, 0.25) is 5.91 Å². The molecule has 1 aromatic carbocycles. The topological polar surface area (TPSA) is 23.6 Å². The molecule has 0 bridgehead atoms. The third-order valence-corrected chi connectivity index (χ3v) is 3.06. The lowest BCUT2D eigenvalue weighted by Crippen LogP contribution is -2.30. The Morgan fingerprint density at radius 3 is 2.28 bits per heavy atom. The van der Waals surface area contributed by atoms with E-state index in [1.165, 1.54) is 0 Å². The van der Waals surface area contributed by atoms with Crippen molar-refractivity contribution in [3.05, 3.63) is 29.8 Å². The van der Waals surface area contributed by atoms with Gasteiger partial charge in [0, 0.05) is 45.2 Å². The van der Waals surface area contributed by atoms with E-state index in [0.29, 0.717) is 25.4 Å². The fourth-order valence-corrected chi connectivity index (χ4v) is 1.90. The summed E-state index contributed by atoms with van der Waals surface area (Å²) in [5.41, 5.74) is 2.30. The van der Waals surface area contributed by atoms with Crippen LogP contribution in [0.3, 0.4) is 0 Å². The van der Waals surface area contributed by atoms with Gasteiger partial charge >= 0.3 is 0 Å². The largest absolute Gasteiger partial charge is 0.378 e. The van der Waals surface area contributed by atoms with Crippen LogP contribution in [0.15, 0.2) is 24.3 Å². The molecule has 0 spiro atoms. The molecule has 0 atom stereocenters. The van der Waals surface area contributed by atoms with Crippen molar-refractivity contribution >= 4 is 23.2 Å². The quantitative estimate of drug-likeness (QED) is 0.741. The second kappa shape index (κ2) is 7.27. The summed E-state index contributed by atoms with van der Waals surface area (Å²) in [6.07, 6.45) is 0.408. The summed E-state index contributed by atoms with van der Waals surface area (Å²) < 4.78 is 0. The van der Waals surface area contributed by atoms with Crippen molar-refractivity contribution in [2.75, 3.05) is 31.4 Å². The number of hydrogen-bond donors (Lipinski definition) is 0. The maximum Gasteiger partial charge on any atom is 0.224 e. The van der Waals surface area contributed by atoms with Crippen LogP contribution in [0.5, 0.6) is 0 Å². The predicted molar refractivity (Wildman–Crippen MR) is 77.2 cm³/mol. The van der Waals surface area contributed by atoms with E-state index < -0.39 is 0 Å². The van der Waals surface area contributed by atoms with Gasteiger partial charge in [-0.1, -0.05) is 12.1 Å². The van der Waals surface area contributed by atoms with Gasteiger partial charge in [0.05, 0.1) is 0 Å². The molecule has 1 aromatic rings. The van der Waals surface area contributed by atoms with Gasteiger partial charge in [0.1, 0.15) is 0 Å². The summed E-state index contributed by atoms with van der Waals surface area (Å²) in [5, 5.41) is 0. The molecule has 3 nitrogen and oxygen atoms in total. The average Bonchev–Trinajstić information content (AvgIpc) is 2.36. The van der Waals surface area contributed by atoms with Crippen LogP contribution in [0, 0.1) is 0 Å². The molecule has 0 aliphatic heterocycles. The number of alkyl halides is 1. The summed E-state index contributed by atoms with van der Waals surface area (Å²) >= 11 is 5.60. The Morgan fingerprint density at radius 2 is 1.83 bits per heavy atom. The van der Waals surface area contributed by atoms with Gasteiger partial charge < -0.3 is 9.80 Å². The van der Waals surface area contributed by atoms with E-state index in [-0.39, 0.29) is 5.91 Å². The maximum absolute atomic E-state index is 11.8. The number of nitrogens with zero attached hydrogens (tertiary/aromatic N) is 2. The lowest BCUT2D eigenvalue weighted by atomic mass is 10.2. The summed E-state index contributed by atoms with van der Waals surface area (Å²) in [7, 11) is 4.02. The number of carbonyl (C=O) groups is 1. The van der Waals surface area contributed by atoms with E-state index in [2.05, 4.69) is 29.2 Å². The van der Waals surface area contributed by atoms with Gasteiger partial charge in [0.25, 0.3) is 0 Å². The van der Waals surface area contributed by atoms with Crippen molar-refractivity contribution in [3.63, 3.8) is 0 Å². The Kier molecular flexibility index (Phi) is 5.99. The van der Waals surface area contributed by atoms with Crippen molar-refractivity contribution in [1.82, 2.24) is 4.90 Å². The van der Waals surface area contributed by atoms with Crippen LogP contribution >= 0.6 is 11.6 Å². The molecule has 0 saturated carbocycles. The second-order valence-corrected chi connectivity index (χ2v) is 4.79. The molecule has 1 rings (SSSR count). The molecule has 0 aliphatic carbocycles. The van der Waals surface area contributed by atoms with Gasteiger partial charge in [0.15, 0.2) is 0 Å². The zero-order valence-corrected chi connectivity index (χ0v) is 12.1. The maximum atomic E-state index is 11.8. The van der Waals surface area contributed by atoms with Crippen LogP contribution in [-0.4, -0.2) is 37.3 Å². The average molecular weight is 269 g/mol. The molecule has 0 aliphatic rings. The van der Waals surface area contributed by atoms with Crippen LogP contribution in [0.4, 0.5) is 5.69 Å². The zero-order chi connectivity index (χ0) is 13.5. The fourth-order valence-electron chi connectivity index (χ4n) is 1.74. The molecule has 0 fully saturated rings. The number of anilines is 1. The Morgan fingerprint density at radius 1 is 1.22 bits per heavy atom. The first-order valence-electron chi connectivity index (χ1n) is 6.18. The van der Waals surface area contributed by atoms with Crippen LogP contribution in [0.25, 0.3) is 0 Å². The zero-order valence-electron chi connectivity index (χ0n) is 11.3. The van der Waals surface area contributed by atoms with E-state index in [9.17, 15) is 4.79 Å². The Bertz CT molecular complexity index is 376. The second-order valence-electron chi connectivity index (χ2n) is 4.41. The third-order valence-electron chi connectivity index (χ3n) is 2.87. The summed E-state index contributed by atoms with van der Waals surface area (Å²) in [5.74, 6) is 0.499. The minimum Gasteiger partial charge on any atom is -0.378 e. The van der Waals surface area contributed by atoms with E-state index >= 15 is 0 Å². The highest BCUT2D eigenvalue weighted by atomic mass is 35.5. The van der Waals surface area contributed by atoms with Crippen molar-refractivity contribution in [3.8, 4) is 0 Å². The molecule has 18 heavy (non-hydrogen) atoms. The first kappa shape index (κ1) is 14.8. The molecule has 0 aromatic heterocycles. The van der Waals surface area contributed by atoms with Gasteiger partial charge in [-0.25, -0.2) is 0 Å². The van der Waals surface area contributed by atoms with Crippen molar-refractivity contribution in [1.29, 1.82) is 0 Å². The molecule has 0 N–H and O–H groups in total. The normalized spacial score (nSPS) is 10.2. The molecule has 1 amide bonds. The summed E-state index contributed by atoms with van der Waals surface area (Å²) in [6, 6.07) is 8.25. The number of carbonyl (C=O) groups excluding carboxylic acids is 1. The van der Waals surface area contributed by atoms with Gasteiger partial charge in [-0.2, -0.15) is 0 Å².